The smallest absolute Gasteiger partial charge is 0.236 e. The van der Waals surface area contributed by atoms with Crippen molar-refractivity contribution < 1.29 is 9.53 Å². The first-order chi connectivity index (χ1) is 13.7. The fourth-order valence-electron chi connectivity index (χ4n) is 4.22. The minimum Gasteiger partial charge on any atom is -0.497 e. The summed E-state index contributed by atoms with van der Waals surface area (Å²) in [6.07, 6.45) is 6.10. The highest BCUT2D eigenvalue weighted by molar-refractivity contribution is 5.78. The van der Waals surface area contributed by atoms with E-state index in [0.717, 1.165) is 57.9 Å². The second-order valence-electron chi connectivity index (χ2n) is 7.56. The fourth-order valence-corrected chi connectivity index (χ4v) is 4.22. The molecular weight excluding hydrogens is 354 g/mol. The third-order valence-electron chi connectivity index (χ3n) is 5.86. The molecule has 3 heterocycles. The molecule has 2 fully saturated rings. The zero-order chi connectivity index (χ0) is 19.3. The molecule has 2 aromatic rings. The first-order valence-corrected chi connectivity index (χ1v) is 10.1. The van der Waals surface area contributed by atoms with E-state index in [9.17, 15) is 4.79 Å². The van der Waals surface area contributed by atoms with Gasteiger partial charge in [0.15, 0.2) is 0 Å². The van der Waals surface area contributed by atoms with Crippen molar-refractivity contribution in [2.75, 3.05) is 51.3 Å². The van der Waals surface area contributed by atoms with Crippen LogP contribution in [0, 0.1) is 0 Å². The molecule has 1 amide bonds. The van der Waals surface area contributed by atoms with Crippen LogP contribution in [0.5, 0.6) is 5.75 Å². The van der Waals surface area contributed by atoms with Gasteiger partial charge < -0.3 is 14.5 Å². The van der Waals surface area contributed by atoms with Crippen LogP contribution >= 0.6 is 0 Å². The highest BCUT2D eigenvalue weighted by Gasteiger charge is 2.29. The molecule has 0 bridgehead atoms. The molecule has 1 aromatic heterocycles. The molecule has 4 rings (SSSR count). The van der Waals surface area contributed by atoms with Gasteiger partial charge in [0.25, 0.3) is 0 Å². The van der Waals surface area contributed by atoms with E-state index in [1.807, 2.05) is 40.2 Å². The topological polar surface area (TPSA) is 53.8 Å². The lowest BCUT2D eigenvalue weighted by atomic mass is 10.2. The summed E-state index contributed by atoms with van der Waals surface area (Å²) in [6.45, 7) is 5.69. The standard InChI is InChI=1S/C21H29N5O2/c1-28-20-7-5-18(6-8-20)23-12-14-24(15-13-23)21(27)17-25-10-2-4-19(25)16-26-11-3-9-22-26/h3,5-9,11,19H,2,4,10,12-17H2,1H3/t19-/m0/s1. The second-order valence-corrected chi connectivity index (χ2v) is 7.56. The van der Waals surface area contributed by atoms with Crippen molar-refractivity contribution in [2.45, 2.75) is 25.4 Å². The average molecular weight is 383 g/mol. The number of anilines is 1. The van der Waals surface area contributed by atoms with Gasteiger partial charge in [-0.1, -0.05) is 0 Å². The van der Waals surface area contributed by atoms with Gasteiger partial charge in [-0.3, -0.25) is 14.4 Å². The van der Waals surface area contributed by atoms with Gasteiger partial charge >= 0.3 is 0 Å². The molecule has 0 unspecified atom stereocenters. The molecule has 0 radical (unpaired) electrons. The maximum Gasteiger partial charge on any atom is 0.236 e. The third-order valence-corrected chi connectivity index (χ3v) is 5.86. The highest BCUT2D eigenvalue weighted by Crippen LogP contribution is 2.22. The average Bonchev–Trinajstić information content (AvgIpc) is 3.41. The van der Waals surface area contributed by atoms with Gasteiger partial charge in [-0.15, -0.1) is 0 Å². The molecule has 0 spiro atoms. The Morgan fingerprint density at radius 1 is 1.14 bits per heavy atom. The molecule has 0 N–H and O–H groups in total. The van der Waals surface area contributed by atoms with Gasteiger partial charge in [-0.2, -0.15) is 5.10 Å². The zero-order valence-corrected chi connectivity index (χ0v) is 16.5. The van der Waals surface area contributed by atoms with Crippen LogP contribution in [0.25, 0.3) is 0 Å². The Morgan fingerprint density at radius 2 is 1.93 bits per heavy atom. The summed E-state index contributed by atoms with van der Waals surface area (Å²) in [4.78, 5) is 19.5. The normalized spacial score (nSPS) is 20.5. The van der Waals surface area contributed by atoms with Crippen LogP contribution in [0.4, 0.5) is 5.69 Å². The van der Waals surface area contributed by atoms with Crippen molar-refractivity contribution in [2.24, 2.45) is 0 Å². The number of likely N-dealkylation sites (tertiary alicyclic amines) is 1. The summed E-state index contributed by atoms with van der Waals surface area (Å²) >= 11 is 0. The first-order valence-electron chi connectivity index (χ1n) is 10.1. The molecule has 0 saturated carbocycles. The SMILES string of the molecule is COc1ccc(N2CCN(C(=O)CN3CCC[C@H]3Cn3cccn3)CC2)cc1. The van der Waals surface area contributed by atoms with Gasteiger partial charge in [0.2, 0.25) is 5.91 Å². The lowest BCUT2D eigenvalue weighted by Crippen LogP contribution is -2.52. The van der Waals surface area contributed by atoms with Crippen LogP contribution in [0.15, 0.2) is 42.7 Å². The number of ether oxygens (including phenoxy) is 1. The molecular formula is C21H29N5O2. The summed E-state index contributed by atoms with van der Waals surface area (Å²) in [6, 6.07) is 10.5. The predicted molar refractivity (Wildman–Crippen MR) is 109 cm³/mol. The minimum absolute atomic E-state index is 0.252. The van der Waals surface area contributed by atoms with E-state index in [1.165, 1.54) is 5.69 Å². The van der Waals surface area contributed by atoms with E-state index >= 15 is 0 Å². The lowest BCUT2D eigenvalue weighted by molar-refractivity contribution is -0.133. The first kappa shape index (κ1) is 18.8. The Balaban J connectivity index is 1.27. The van der Waals surface area contributed by atoms with Crippen molar-refractivity contribution in [3.8, 4) is 5.75 Å². The molecule has 2 aliphatic rings. The molecule has 150 valence electrons. The highest BCUT2D eigenvalue weighted by atomic mass is 16.5. The lowest BCUT2D eigenvalue weighted by Gasteiger charge is -2.37. The number of amides is 1. The van der Waals surface area contributed by atoms with Crippen molar-refractivity contribution >= 4 is 11.6 Å². The van der Waals surface area contributed by atoms with E-state index in [2.05, 4.69) is 27.0 Å². The zero-order valence-electron chi connectivity index (χ0n) is 16.5. The molecule has 0 aliphatic carbocycles. The van der Waals surface area contributed by atoms with Crippen LogP contribution in [0.1, 0.15) is 12.8 Å². The number of aromatic nitrogens is 2. The Morgan fingerprint density at radius 3 is 2.61 bits per heavy atom. The number of hydrogen-bond acceptors (Lipinski definition) is 5. The molecule has 2 aliphatic heterocycles. The molecule has 1 atom stereocenters. The Labute approximate surface area is 166 Å². The maximum atomic E-state index is 12.9. The van der Waals surface area contributed by atoms with Crippen LogP contribution in [-0.2, 0) is 11.3 Å². The number of methoxy groups -OCH3 is 1. The largest absolute Gasteiger partial charge is 0.497 e. The Bertz CT molecular complexity index is 754. The quantitative estimate of drug-likeness (QED) is 0.760. The fraction of sp³-hybridized carbons (Fsp3) is 0.524. The summed E-state index contributed by atoms with van der Waals surface area (Å²) in [5.41, 5.74) is 1.19. The van der Waals surface area contributed by atoms with Crippen molar-refractivity contribution in [3.05, 3.63) is 42.7 Å². The summed E-state index contributed by atoms with van der Waals surface area (Å²) in [5, 5.41) is 4.31. The van der Waals surface area contributed by atoms with E-state index in [-0.39, 0.29) is 5.91 Å². The van der Waals surface area contributed by atoms with Gasteiger partial charge in [-0.25, -0.2) is 0 Å². The van der Waals surface area contributed by atoms with E-state index in [1.54, 1.807) is 7.11 Å². The van der Waals surface area contributed by atoms with Gasteiger partial charge in [-0.05, 0) is 49.7 Å². The number of hydrogen-bond donors (Lipinski definition) is 0. The maximum absolute atomic E-state index is 12.9. The number of piperazine rings is 1. The Kier molecular flexibility index (Phi) is 5.81. The summed E-state index contributed by atoms with van der Waals surface area (Å²) in [5.74, 6) is 1.12. The van der Waals surface area contributed by atoms with Crippen molar-refractivity contribution in [1.29, 1.82) is 0 Å². The van der Waals surface area contributed by atoms with Gasteiger partial charge in [0, 0.05) is 50.3 Å². The monoisotopic (exact) mass is 383 g/mol. The molecule has 7 nitrogen and oxygen atoms in total. The third kappa shape index (κ3) is 4.30. The Hall–Kier alpha value is -2.54. The number of carbonyl (C=O) groups excluding carboxylic acids is 1. The minimum atomic E-state index is 0.252. The second kappa shape index (κ2) is 8.65. The molecule has 28 heavy (non-hydrogen) atoms. The number of carbonyl (C=O) groups is 1. The van der Waals surface area contributed by atoms with Crippen LogP contribution in [0.3, 0.4) is 0 Å². The number of rotatable bonds is 6. The van der Waals surface area contributed by atoms with Crippen LogP contribution in [-0.4, -0.2) is 77.9 Å². The van der Waals surface area contributed by atoms with Crippen molar-refractivity contribution in [3.63, 3.8) is 0 Å². The van der Waals surface area contributed by atoms with Gasteiger partial charge in [0.05, 0.1) is 20.2 Å². The summed E-state index contributed by atoms with van der Waals surface area (Å²) in [7, 11) is 1.68. The van der Waals surface area contributed by atoms with Gasteiger partial charge in [0.1, 0.15) is 5.75 Å². The van der Waals surface area contributed by atoms with E-state index in [0.29, 0.717) is 12.6 Å². The molecule has 2 saturated heterocycles. The summed E-state index contributed by atoms with van der Waals surface area (Å²) < 4.78 is 7.20. The van der Waals surface area contributed by atoms with Crippen molar-refractivity contribution in [1.82, 2.24) is 19.6 Å². The number of benzene rings is 1. The van der Waals surface area contributed by atoms with Crippen LogP contribution in [0.2, 0.25) is 0 Å². The van der Waals surface area contributed by atoms with E-state index < -0.39 is 0 Å². The van der Waals surface area contributed by atoms with E-state index in [4.69, 9.17) is 4.74 Å². The predicted octanol–water partition coefficient (Wildman–Crippen LogP) is 1.70. The number of nitrogens with zero attached hydrogens (tertiary/aromatic N) is 5. The van der Waals surface area contributed by atoms with Crippen LogP contribution < -0.4 is 9.64 Å². The molecule has 1 aromatic carbocycles. The molecule has 7 heteroatoms.